The number of anilines is 1. The van der Waals surface area contributed by atoms with Crippen LogP contribution in [0.2, 0.25) is 0 Å². The molecule has 0 aliphatic heterocycles. The number of hydrogen-bond acceptors (Lipinski definition) is 4. The van der Waals surface area contributed by atoms with E-state index in [1.165, 1.54) is 11.9 Å². The van der Waals surface area contributed by atoms with Crippen LogP contribution in [-0.2, 0) is 14.6 Å². The summed E-state index contributed by atoms with van der Waals surface area (Å²) in [6.07, 6.45) is 0.141. The van der Waals surface area contributed by atoms with E-state index in [0.29, 0.717) is 5.69 Å². The number of urea groups is 1. The highest BCUT2D eigenvalue weighted by Crippen LogP contribution is 2.04. The second-order valence-corrected chi connectivity index (χ2v) is 7.53. The second-order valence-electron chi connectivity index (χ2n) is 5.05. The zero-order valence-electron chi connectivity index (χ0n) is 13.4. The van der Waals surface area contributed by atoms with Crippen LogP contribution in [0.4, 0.5) is 10.5 Å². The fourth-order valence-corrected chi connectivity index (χ4v) is 2.53. The molecule has 1 rings (SSSR count). The van der Waals surface area contributed by atoms with Crippen molar-refractivity contribution in [3.8, 4) is 0 Å². The normalized spacial score (nSPS) is 10.9. The molecule has 0 spiro atoms. The minimum absolute atomic E-state index is 0.0577. The minimum Gasteiger partial charge on any atom is -0.337 e. The molecule has 0 unspecified atom stereocenters. The zero-order valence-corrected chi connectivity index (χ0v) is 14.2. The summed E-state index contributed by atoms with van der Waals surface area (Å²) < 4.78 is 22.8. The molecule has 23 heavy (non-hydrogen) atoms. The quantitative estimate of drug-likeness (QED) is 0.740. The number of nitrogens with one attached hydrogen (secondary N) is 2. The Hall–Kier alpha value is -2.09. The van der Waals surface area contributed by atoms with Gasteiger partial charge in [-0.05, 0) is 12.1 Å². The number of amides is 3. The van der Waals surface area contributed by atoms with Crippen molar-refractivity contribution in [2.75, 3.05) is 37.0 Å². The largest absolute Gasteiger partial charge is 0.337 e. The molecule has 0 aromatic heterocycles. The molecule has 0 radical (unpaired) electrons. The third-order valence-electron chi connectivity index (χ3n) is 3.21. The molecule has 1 aromatic carbocycles. The van der Waals surface area contributed by atoms with Gasteiger partial charge in [0.1, 0.15) is 0 Å². The maximum Gasteiger partial charge on any atom is 0.317 e. The lowest BCUT2D eigenvalue weighted by molar-refractivity contribution is -0.116. The van der Waals surface area contributed by atoms with E-state index in [9.17, 15) is 18.0 Å². The van der Waals surface area contributed by atoms with Crippen LogP contribution in [0.1, 0.15) is 13.3 Å². The molecule has 0 aliphatic rings. The highest BCUT2D eigenvalue weighted by Gasteiger charge is 2.13. The average Bonchev–Trinajstić information content (AvgIpc) is 2.53. The predicted molar refractivity (Wildman–Crippen MR) is 90.0 cm³/mol. The van der Waals surface area contributed by atoms with Crippen LogP contribution in [0.5, 0.6) is 0 Å². The van der Waals surface area contributed by atoms with Crippen molar-refractivity contribution in [3.63, 3.8) is 0 Å². The molecule has 0 bridgehead atoms. The standard InChI is InChI=1S/C15H23N3O4S/c1-3-23(21,22)12-11-18(2)15(20)16-10-9-14(19)17-13-7-5-4-6-8-13/h4-8H,3,9-12H2,1-2H3,(H,16,20)(H,17,19). The van der Waals surface area contributed by atoms with Gasteiger partial charge in [-0.3, -0.25) is 4.79 Å². The Morgan fingerprint density at radius 3 is 2.43 bits per heavy atom. The molecule has 0 saturated heterocycles. The first kappa shape index (κ1) is 19.0. The van der Waals surface area contributed by atoms with Crippen molar-refractivity contribution < 1.29 is 18.0 Å². The maximum absolute atomic E-state index is 11.8. The summed E-state index contributed by atoms with van der Waals surface area (Å²) in [6, 6.07) is 8.64. The molecular formula is C15H23N3O4S. The van der Waals surface area contributed by atoms with Gasteiger partial charge in [0.15, 0.2) is 9.84 Å². The third-order valence-corrected chi connectivity index (χ3v) is 4.89. The maximum atomic E-state index is 11.8. The second kappa shape index (κ2) is 9.14. The van der Waals surface area contributed by atoms with E-state index >= 15 is 0 Å². The summed E-state index contributed by atoms with van der Waals surface area (Å²) >= 11 is 0. The van der Waals surface area contributed by atoms with E-state index in [0.717, 1.165) is 0 Å². The lowest BCUT2D eigenvalue weighted by atomic mass is 10.3. The Bertz CT molecular complexity index is 617. The van der Waals surface area contributed by atoms with Crippen LogP contribution < -0.4 is 10.6 Å². The molecule has 128 valence electrons. The summed E-state index contributed by atoms with van der Waals surface area (Å²) in [5, 5.41) is 5.30. The predicted octanol–water partition coefficient (Wildman–Crippen LogP) is 1.09. The number of rotatable bonds is 8. The number of benzene rings is 1. The Kier molecular flexibility index (Phi) is 7.53. The minimum atomic E-state index is -3.10. The molecule has 2 N–H and O–H groups in total. The van der Waals surface area contributed by atoms with Crippen molar-refractivity contribution in [1.29, 1.82) is 0 Å². The van der Waals surface area contributed by atoms with E-state index in [2.05, 4.69) is 10.6 Å². The highest BCUT2D eigenvalue weighted by molar-refractivity contribution is 7.91. The van der Waals surface area contributed by atoms with Crippen molar-refractivity contribution in [2.24, 2.45) is 0 Å². The molecule has 1 aromatic rings. The van der Waals surface area contributed by atoms with Gasteiger partial charge >= 0.3 is 6.03 Å². The molecule has 3 amide bonds. The van der Waals surface area contributed by atoms with E-state index in [4.69, 9.17) is 0 Å². The lowest BCUT2D eigenvalue weighted by Crippen LogP contribution is -2.40. The van der Waals surface area contributed by atoms with Gasteiger partial charge < -0.3 is 15.5 Å². The zero-order chi connectivity index (χ0) is 17.3. The number of hydrogen-bond donors (Lipinski definition) is 2. The van der Waals surface area contributed by atoms with Crippen LogP contribution in [-0.4, -0.2) is 56.9 Å². The molecule has 0 atom stereocenters. The Balaban J connectivity index is 2.26. The first-order valence-electron chi connectivity index (χ1n) is 7.38. The van der Waals surface area contributed by atoms with Gasteiger partial charge in [-0.25, -0.2) is 13.2 Å². The SMILES string of the molecule is CCS(=O)(=O)CCN(C)C(=O)NCCC(=O)Nc1ccccc1. The van der Waals surface area contributed by atoms with Crippen molar-refractivity contribution >= 4 is 27.5 Å². The smallest absolute Gasteiger partial charge is 0.317 e. The molecule has 0 aliphatic carbocycles. The molecule has 0 saturated carbocycles. The summed E-state index contributed by atoms with van der Waals surface area (Å²) in [5.41, 5.74) is 0.700. The summed E-state index contributed by atoms with van der Waals surface area (Å²) in [6.45, 7) is 1.88. The summed E-state index contributed by atoms with van der Waals surface area (Å²) in [7, 11) is -1.58. The molecule has 0 fully saturated rings. The van der Waals surface area contributed by atoms with Crippen LogP contribution in [0.3, 0.4) is 0 Å². The van der Waals surface area contributed by atoms with Crippen LogP contribution in [0.15, 0.2) is 30.3 Å². The average molecular weight is 341 g/mol. The van der Waals surface area contributed by atoms with Crippen LogP contribution in [0.25, 0.3) is 0 Å². The van der Waals surface area contributed by atoms with E-state index in [1.807, 2.05) is 18.2 Å². The molecule has 0 heterocycles. The van der Waals surface area contributed by atoms with Crippen LogP contribution in [0, 0.1) is 0 Å². The monoisotopic (exact) mass is 341 g/mol. The van der Waals surface area contributed by atoms with E-state index in [-0.39, 0.29) is 36.9 Å². The summed E-state index contributed by atoms with van der Waals surface area (Å²) in [5.74, 6) is -0.211. The Morgan fingerprint density at radius 2 is 1.83 bits per heavy atom. The number of carbonyl (C=O) groups is 2. The van der Waals surface area contributed by atoms with Crippen molar-refractivity contribution in [3.05, 3.63) is 30.3 Å². The van der Waals surface area contributed by atoms with Gasteiger partial charge in [-0.1, -0.05) is 25.1 Å². The van der Waals surface area contributed by atoms with Gasteiger partial charge in [0.2, 0.25) is 5.91 Å². The van der Waals surface area contributed by atoms with Gasteiger partial charge in [0.25, 0.3) is 0 Å². The highest BCUT2D eigenvalue weighted by atomic mass is 32.2. The first-order chi connectivity index (χ1) is 10.8. The van der Waals surface area contributed by atoms with Gasteiger partial charge in [0.05, 0.1) is 5.75 Å². The van der Waals surface area contributed by atoms with Gasteiger partial charge in [0, 0.05) is 38.0 Å². The molecule has 8 heteroatoms. The third kappa shape index (κ3) is 7.64. The molecule has 7 nitrogen and oxygen atoms in total. The van der Waals surface area contributed by atoms with E-state index in [1.54, 1.807) is 19.1 Å². The topological polar surface area (TPSA) is 95.6 Å². The van der Waals surface area contributed by atoms with Crippen molar-refractivity contribution in [2.45, 2.75) is 13.3 Å². The number of carbonyl (C=O) groups excluding carboxylic acids is 2. The van der Waals surface area contributed by atoms with Crippen LogP contribution >= 0.6 is 0 Å². The Morgan fingerprint density at radius 1 is 1.17 bits per heavy atom. The van der Waals surface area contributed by atoms with E-state index < -0.39 is 15.9 Å². The number of sulfone groups is 1. The fourth-order valence-electron chi connectivity index (χ4n) is 1.68. The van der Waals surface area contributed by atoms with Gasteiger partial charge in [-0.15, -0.1) is 0 Å². The summed E-state index contributed by atoms with van der Waals surface area (Å²) in [4.78, 5) is 24.8. The number of nitrogens with zero attached hydrogens (tertiary/aromatic N) is 1. The van der Waals surface area contributed by atoms with Crippen molar-refractivity contribution in [1.82, 2.24) is 10.2 Å². The Labute approximate surface area is 137 Å². The fraction of sp³-hybridized carbons (Fsp3) is 0.467. The molecular weight excluding hydrogens is 318 g/mol. The van der Waals surface area contributed by atoms with Gasteiger partial charge in [-0.2, -0.15) is 0 Å². The number of para-hydroxylation sites is 1. The first-order valence-corrected chi connectivity index (χ1v) is 9.20. The lowest BCUT2D eigenvalue weighted by Gasteiger charge is -2.17.